The maximum atomic E-state index is 13.0. The molecular weight excluding hydrogens is 372 g/mol. The van der Waals surface area contributed by atoms with E-state index in [-0.39, 0.29) is 17.6 Å². The fourth-order valence-corrected chi connectivity index (χ4v) is 5.28. The third-order valence-electron chi connectivity index (χ3n) is 4.56. The predicted octanol–water partition coefficient (Wildman–Crippen LogP) is 0.832. The van der Waals surface area contributed by atoms with Gasteiger partial charge < -0.3 is 9.80 Å². The first-order valence-corrected chi connectivity index (χ1v) is 10.8. The molecule has 0 aliphatic carbocycles. The van der Waals surface area contributed by atoms with E-state index in [1.54, 1.807) is 21.2 Å². The van der Waals surface area contributed by atoms with E-state index in [4.69, 9.17) is 0 Å². The Labute approximate surface area is 159 Å². The highest BCUT2D eigenvalue weighted by atomic mass is 32.2. The Hall–Kier alpha value is -1.81. The molecule has 0 saturated carbocycles. The van der Waals surface area contributed by atoms with Gasteiger partial charge in [-0.25, -0.2) is 9.50 Å². The van der Waals surface area contributed by atoms with Gasteiger partial charge in [-0.05, 0) is 19.9 Å². The van der Waals surface area contributed by atoms with E-state index in [2.05, 4.69) is 15.1 Å². The van der Waals surface area contributed by atoms with Crippen molar-refractivity contribution >= 4 is 41.1 Å². The largest absolute Gasteiger partial charge is 0.339 e. The topological polar surface area (TPSA) is 83.7 Å². The van der Waals surface area contributed by atoms with E-state index >= 15 is 0 Å². The summed E-state index contributed by atoms with van der Waals surface area (Å²) in [6.45, 7) is 5.28. The Morgan fingerprint density at radius 1 is 1.15 bits per heavy atom. The average Bonchev–Trinajstić information content (AvgIpc) is 3.28. The summed E-state index contributed by atoms with van der Waals surface area (Å²) in [5.41, 5.74) is 1.70. The Morgan fingerprint density at radius 3 is 2.69 bits per heavy atom. The molecule has 0 N–H and O–H groups in total. The Bertz CT molecular complexity index is 864. The number of aromatic nitrogens is 4. The van der Waals surface area contributed by atoms with Crippen LogP contribution in [0.4, 0.5) is 0 Å². The number of amides is 2. The highest BCUT2D eigenvalue weighted by Gasteiger charge is 2.39. The van der Waals surface area contributed by atoms with Gasteiger partial charge in [0, 0.05) is 41.7 Å². The fraction of sp³-hybridized carbons (Fsp3) is 0.562. The Balaban J connectivity index is 1.58. The summed E-state index contributed by atoms with van der Waals surface area (Å²) >= 11 is 3.45. The summed E-state index contributed by atoms with van der Waals surface area (Å²) in [4.78, 5) is 38.0. The first-order valence-electron chi connectivity index (χ1n) is 8.51. The molecule has 2 aromatic rings. The average molecular weight is 393 g/mol. The van der Waals surface area contributed by atoms with Crippen LogP contribution in [0, 0.1) is 13.8 Å². The summed E-state index contributed by atoms with van der Waals surface area (Å²) in [6, 6.07) is 1.46. The zero-order valence-corrected chi connectivity index (χ0v) is 16.3. The molecule has 0 bridgehead atoms. The third-order valence-corrected chi connectivity index (χ3v) is 6.52. The van der Waals surface area contributed by atoms with Gasteiger partial charge in [-0.15, -0.1) is 16.9 Å². The quantitative estimate of drug-likeness (QED) is 0.748. The van der Waals surface area contributed by atoms with Gasteiger partial charge in [0.1, 0.15) is 6.04 Å². The highest BCUT2D eigenvalue weighted by molar-refractivity contribution is 7.99. The molecule has 1 unspecified atom stereocenters. The number of hydrogen-bond acceptors (Lipinski definition) is 7. The van der Waals surface area contributed by atoms with Crippen LogP contribution >= 0.6 is 23.5 Å². The minimum atomic E-state index is -0.432. The molecule has 2 amide bonds. The molecule has 4 heterocycles. The number of carbonyl (C=O) groups excluding carboxylic acids is 2. The van der Waals surface area contributed by atoms with Gasteiger partial charge in [0.05, 0.1) is 5.88 Å². The monoisotopic (exact) mass is 392 g/mol. The number of thioether (sulfide) groups is 2. The zero-order valence-electron chi connectivity index (χ0n) is 14.7. The molecule has 4 rings (SSSR count). The van der Waals surface area contributed by atoms with Crippen LogP contribution in [0.1, 0.15) is 22.0 Å². The van der Waals surface area contributed by atoms with Crippen LogP contribution in [0.3, 0.4) is 0 Å². The molecule has 26 heavy (non-hydrogen) atoms. The zero-order chi connectivity index (χ0) is 18.3. The van der Waals surface area contributed by atoms with Gasteiger partial charge >= 0.3 is 0 Å². The summed E-state index contributed by atoms with van der Waals surface area (Å²) in [6.07, 6.45) is 0. The molecular formula is C16H20N6O2S2. The van der Waals surface area contributed by atoms with Gasteiger partial charge in [-0.3, -0.25) is 9.59 Å². The molecule has 2 aliphatic heterocycles. The van der Waals surface area contributed by atoms with E-state index in [9.17, 15) is 9.59 Å². The normalized spacial score (nSPS) is 20.8. The lowest BCUT2D eigenvalue weighted by Gasteiger charge is -2.31. The Morgan fingerprint density at radius 2 is 1.92 bits per heavy atom. The minimum Gasteiger partial charge on any atom is -0.339 e. The van der Waals surface area contributed by atoms with Crippen molar-refractivity contribution in [1.82, 2.24) is 29.4 Å². The molecule has 0 radical (unpaired) electrons. The molecule has 2 aromatic heterocycles. The van der Waals surface area contributed by atoms with Crippen molar-refractivity contribution in [3.63, 3.8) is 0 Å². The van der Waals surface area contributed by atoms with E-state index in [1.807, 2.05) is 36.6 Å². The molecule has 138 valence electrons. The summed E-state index contributed by atoms with van der Waals surface area (Å²) in [7, 11) is 0. The van der Waals surface area contributed by atoms with Crippen molar-refractivity contribution in [3.05, 3.63) is 23.3 Å². The van der Waals surface area contributed by atoms with Crippen LogP contribution < -0.4 is 0 Å². The van der Waals surface area contributed by atoms with Gasteiger partial charge in [-0.1, -0.05) is 0 Å². The van der Waals surface area contributed by atoms with E-state index in [1.165, 1.54) is 0 Å². The molecule has 0 aromatic carbocycles. The van der Waals surface area contributed by atoms with Crippen LogP contribution in [-0.2, 0) is 4.79 Å². The molecule has 8 nitrogen and oxygen atoms in total. The molecule has 2 saturated heterocycles. The lowest BCUT2D eigenvalue weighted by Crippen LogP contribution is -2.51. The van der Waals surface area contributed by atoms with Crippen molar-refractivity contribution in [2.75, 3.05) is 36.2 Å². The fourth-order valence-electron chi connectivity index (χ4n) is 3.23. The number of aryl methyl sites for hydroxylation is 2. The maximum absolute atomic E-state index is 13.0. The molecule has 1 atom stereocenters. The van der Waals surface area contributed by atoms with Crippen molar-refractivity contribution in [2.45, 2.75) is 19.9 Å². The van der Waals surface area contributed by atoms with Crippen molar-refractivity contribution < 1.29 is 9.59 Å². The van der Waals surface area contributed by atoms with Crippen LogP contribution in [0.15, 0.2) is 6.07 Å². The SMILES string of the molecule is Cc1cc(C)n2nc(C(=O)N3CSCC3C(=O)N3CCSCC3)nc2n1. The molecule has 2 aliphatic rings. The summed E-state index contributed by atoms with van der Waals surface area (Å²) in [5, 5.41) is 4.32. The van der Waals surface area contributed by atoms with Crippen molar-refractivity contribution in [1.29, 1.82) is 0 Å². The maximum Gasteiger partial charge on any atom is 0.295 e. The lowest BCUT2D eigenvalue weighted by atomic mass is 10.2. The standard InChI is InChI=1S/C16H20N6O2S2/c1-10-7-11(2)22-16(17-10)18-13(19-22)15(24)21-9-26-8-12(21)14(23)20-3-5-25-6-4-20/h7,12H,3-6,8-9H2,1-2H3. The Kier molecular flexibility index (Phi) is 4.78. The van der Waals surface area contributed by atoms with Gasteiger partial charge in [0.2, 0.25) is 11.7 Å². The van der Waals surface area contributed by atoms with E-state index in [0.717, 1.165) is 36.0 Å². The summed E-state index contributed by atoms with van der Waals surface area (Å²) in [5.74, 6) is 3.26. The minimum absolute atomic E-state index is 0.0394. The first-order chi connectivity index (χ1) is 12.5. The van der Waals surface area contributed by atoms with Gasteiger partial charge in [0.25, 0.3) is 11.7 Å². The number of rotatable bonds is 2. The van der Waals surface area contributed by atoms with E-state index in [0.29, 0.717) is 17.4 Å². The number of hydrogen-bond donors (Lipinski definition) is 0. The number of carbonyl (C=O) groups is 2. The first kappa shape index (κ1) is 17.6. The van der Waals surface area contributed by atoms with Crippen LogP contribution in [-0.4, -0.2) is 83.5 Å². The second kappa shape index (κ2) is 7.07. The molecule has 0 spiro atoms. The second-order valence-corrected chi connectivity index (χ2v) is 8.64. The van der Waals surface area contributed by atoms with Crippen LogP contribution in [0.25, 0.3) is 5.78 Å². The predicted molar refractivity (Wildman–Crippen MR) is 101 cm³/mol. The van der Waals surface area contributed by atoms with Crippen LogP contribution in [0.5, 0.6) is 0 Å². The molecule has 2 fully saturated rings. The van der Waals surface area contributed by atoms with Crippen LogP contribution in [0.2, 0.25) is 0 Å². The lowest BCUT2D eigenvalue weighted by molar-refractivity contribution is -0.134. The van der Waals surface area contributed by atoms with E-state index < -0.39 is 6.04 Å². The third kappa shape index (κ3) is 3.16. The summed E-state index contributed by atoms with van der Waals surface area (Å²) < 4.78 is 1.57. The smallest absolute Gasteiger partial charge is 0.295 e. The molecule has 10 heteroatoms. The number of fused-ring (bicyclic) bond motifs is 1. The highest BCUT2D eigenvalue weighted by Crippen LogP contribution is 2.25. The van der Waals surface area contributed by atoms with Crippen molar-refractivity contribution in [2.24, 2.45) is 0 Å². The van der Waals surface area contributed by atoms with Gasteiger partial charge in [0.15, 0.2) is 0 Å². The number of nitrogens with zero attached hydrogens (tertiary/aromatic N) is 6. The second-order valence-electron chi connectivity index (χ2n) is 6.41. The van der Waals surface area contributed by atoms with Crippen molar-refractivity contribution in [3.8, 4) is 0 Å². The van der Waals surface area contributed by atoms with Gasteiger partial charge in [-0.2, -0.15) is 16.7 Å².